The third-order valence-corrected chi connectivity index (χ3v) is 6.24. The predicted octanol–water partition coefficient (Wildman–Crippen LogP) is 3.50. The maximum atomic E-state index is 11.8. The fraction of sp³-hybridized carbons (Fsp3) is 0.938. The number of carbonyl (C=O) groups is 1. The number of methoxy groups -OCH3 is 1. The normalized spacial score (nSPS) is 50.7. The third kappa shape index (κ3) is 1.50. The lowest BCUT2D eigenvalue weighted by Gasteiger charge is -2.37. The fourth-order valence-corrected chi connectivity index (χ4v) is 5.99. The van der Waals surface area contributed by atoms with Crippen LogP contribution in [0.4, 0.5) is 0 Å². The zero-order chi connectivity index (χ0) is 12.9. The molecule has 4 aliphatic carbocycles. The third-order valence-electron chi connectivity index (χ3n) is 6.24. The van der Waals surface area contributed by atoms with E-state index < -0.39 is 0 Å². The first kappa shape index (κ1) is 12.5. The first-order valence-corrected chi connectivity index (χ1v) is 7.87. The van der Waals surface area contributed by atoms with Crippen LogP contribution in [-0.4, -0.2) is 13.1 Å². The van der Waals surface area contributed by atoms with E-state index in [2.05, 4.69) is 0 Å². The Morgan fingerprint density at radius 3 is 2.28 bits per heavy atom. The molecule has 0 radical (unpaired) electrons. The Bertz CT molecular complexity index is 338. The number of carbonyl (C=O) groups excluding carboxylic acids is 1. The molecule has 0 saturated heterocycles. The van der Waals surface area contributed by atoms with E-state index in [9.17, 15) is 4.79 Å². The lowest BCUT2D eigenvalue weighted by molar-refractivity contribution is -0.149. The molecule has 18 heavy (non-hydrogen) atoms. The molecular formula is C16H26O2. The molecule has 4 saturated carbocycles. The highest BCUT2D eigenvalue weighted by Gasteiger charge is 2.63. The second kappa shape index (κ2) is 4.54. The Balaban J connectivity index is 0.000000478. The van der Waals surface area contributed by atoms with Crippen LogP contribution < -0.4 is 0 Å². The van der Waals surface area contributed by atoms with E-state index in [-0.39, 0.29) is 11.9 Å². The SMILES string of the molecule is CC.COC(=O)C1CC2CC1C1C3CCC(C3)C21. The summed E-state index contributed by atoms with van der Waals surface area (Å²) < 4.78 is 4.98. The van der Waals surface area contributed by atoms with Gasteiger partial charge in [0.2, 0.25) is 0 Å². The lowest BCUT2D eigenvalue weighted by Crippen LogP contribution is -2.36. The molecule has 4 aliphatic rings. The molecule has 0 aromatic rings. The first-order valence-electron chi connectivity index (χ1n) is 7.87. The predicted molar refractivity (Wildman–Crippen MR) is 70.9 cm³/mol. The molecule has 7 unspecified atom stereocenters. The average Bonchev–Trinajstić information content (AvgIpc) is 3.16. The molecule has 0 aliphatic heterocycles. The van der Waals surface area contributed by atoms with Crippen molar-refractivity contribution in [3.05, 3.63) is 0 Å². The lowest BCUT2D eigenvalue weighted by atomic mass is 9.67. The van der Waals surface area contributed by atoms with Crippen molar-refractivity contribution in [2.24, 2.45) is 41.4 Å². The summed E-state index contributed by atoms with van der Waals surface area (Å²) in [6, 6.07) is 0. The number of hydrogen-bond donors (Lipinski definition) is 0. The van der Waals surface area contributed by atoms with Crippen LogP contribution in [0, 0.1) is 41.4 Å². The number of ether oxygens (including phenoxy) is 1. The molecule has 0 amide bonds. The second-order valence-electron chi connectivity index (χ2n) is 6.51. The summed E-state index contributed by atoms with van der Waals surface area (Å²) in [5, 5.41) is 0. The quantitative estimate of drug-likeness (QED) is 0.526. The first-order chi connectivity index (χ1) is 8.79. The van der Waals surface area contributed by atoms with Gasteiger partial charge in [0.25, 0.3) is 0 Å². The molecule has 0 N–H and O–H groups in total. The number of fused-ring (bicyclic) bond motifs is 9. The van der Waals surface area contributed by atoms with Crippen LogP contribution in [0.15, 0.2) is 0 Å². The Kier molecular flexibility index (Phi) is 3.15. The largest absolute Gasteiger partial charge is 0.469 e. The molecule has 4 fully saturated rings. The van der Waals surface area contributed by atoms with E-state index in [1.807, 2.05) is 13.8 Å². The van der Waals surface area contributed by atoms with Gasteiger partial charge in [-0.05, 0) is 67.6 Å². The van der Waals surface area contributed by atoms with Gasteiger partial charge >= 0.3 is 5.97 Å². The van der Waals surface area contributed by atoms with Crippen LogP contribution in [0.25, 0.3) is 0 Å². The summed E-state index contributed by atoms with van der Waals surface area (Å²) >= 11 is 0. The van der Waals surface area contributed by atoms with Crippen molar-refractivity contribution in [1.82, 2.24) is 0 Å². The van der Waals surface area contributed by atoms with Crippen molar-refractivity contribution >= 4 is 5.97 Å². The highest BCUT2D eigenvalue weighted by Crippen LogP contribution is 2.68. The molecule has 0 heterocycles. The van der Waals surface area contributed by atoms with Gasteiger partial charge < -0.3 is 4.74 Å². The van der Waals surface area contributed by atoms with E-state index in [4.69, 9.17) is 4.74 Å². The molecule has 4 rings (SSSR count). The number of esters is 1. The van der Waals surface area contributed by atoms with Crippen molar-refractivity contribution in [1.29, 1.82) is 0 Å². The summed E-state index contributed by atoms with van der Waals surface area (Å²) in [5.74, 6) is 5.81. The topological polar surface area (TPSA) is 26.3 Å². The molecule has 0 aromatic heterocycles. The zero-order valence-electron chi connectivity index (χ0n) is 11.9. The van der Waals surface area contributed by atoms with Gasteiger partial charge in [0.05, 0.1) is 13.0 Å². The zero-order valence-corrected chi connectivity index (χ0v) is 11.9. The van der Waals surface area contributed by atoms with Gasteiger partial charge in [0.15, 0.2) is 0 Å². The van der Waals surface area contributed by atoms with Crippen molar-refractivity contribution in [3.63, 3.8) is 0 Å². The highest BCUT2D eigenvalue weighted by atomic mass is 16.5. The standard InChI is InChI=1S/C14H20O2.C2H6/c1-16-14(15)11-6-9-5-10(11)13-8-3-2-7(4-8)12(9)13;1-2/h7-13H,2-6H2,1H3;1-2H3. The summed E-state index contributed by atoms with van der Waals surface area (Å²) in [6.45, 7) is 4.00. The van der Waals surface area contributed by atoms with Gasteiger partial charge in [-0.3, -0.25) is 4.79 Å². The molecule has 0 aromatic carbocycles. The summed E-state index contributed by atoms with van der Waals surface area (Å²) in [7, 11) is 1.55. The van der Waals surface area contributed by atoms with Crippen LogP contribution in [-0.2, 0) is 9.53 Å². The van der Waals surface area contributed by atoms with Gasteiger partial charge in [-0.15, -0.1) is 0 Å². The van der Waals surface area contributed by atoms with Crippen LogP contribution in [0.5, 0.6) is 0 Å². The molecular weight excluding hydrogens is 224 g/mol. The monoisotopic (exact) mass is 250 g/mol. The molecule has 0 spiro atoms. The van der Waals surface area contributed by atoms with Gasteiger partial charge in [-0.25, -0.2) is 0 Å². The van der Waals surface area contributed by atoms with E-state index in [0.717, 1.165) is 36.0 Å². The van der Waals surface area contributed by atoms with Crippen molar-refractivity contribution in [2.75, 3.05) is 7.11 Å². The highest BCUT2D eigenvalue weighted by molar-refractivity contribution is 5.73. The van der Waals surface area contributed by atoms with E-state index in [0.29, 0.717) is 5.92 Å². The fourth-order valence-electron chi connectivity index (χ4n) is 5.99. The van der Waals surface area contributed by atoms with Crippen molar-refractivity contribution in [3.8, 4) is 0 Å². The van der Waals surface area contributed by atoms with E-state index in [1.54, 1.807) is 7.11 Å². The van der Waals surface area contributed by atoms with Crippen LogP contribution in [0.3, 0.4) is 0 Å². The molecule has 7 atom stereocenters. The number of hydrogen-bond acceptors (Lipinski definition) is 2. The minimum atomic E-state index is 0.0775. The van der Waals surface area contributed by atoms with Crippen LogP contribution in [0.2, 0.25) is 0 Å². The molecule has 2 nitrogen and oxygen atoms in total. The Hall–Kier alpha value is -0.530. The summed E-state index contributed by atoms with van der Waals surface area (Å²) in [4.78, 5) is 11.8. The maximum absolute atomic E-state index is 11.8. The van der Waals surface area contributed by atoms with E-state index >= 15 is 0 Å². The van der Waals surface area contributed by atoms with Gasteiger partial charge in [0, 0.05) is 0 Å². The number of rotatable bonds is 1. The van der Waals surface area contributed by atoms with E-state index in [1.165, 1.54) is 25.7 Å². The van der Waals surface area contributed by atoms with Crippen LogP contribution in [0.1, 0.15) is 46.0 Å². The minimum absolute atomic E-state index is 0.0775. The Morgan fingerprint density at radius 2 is 1.61 bits per heavy atom. The Labute approximate surface area is 110 Å². The molecule has 2 heteroatoms. The summed E-state index contributed by atoms with van der Waals surface area (Å²) in [5.41, 5.74) is 0. The van der Waals surface area contributed by atoms with Gasteiger partial charge in [-0.2, -0.15) is 0 Å². The second-order valence-corrected chi connectivity index (χ2v) is 6.51. The van der Waals surface area contributed by atoms with Crippen molar-refractivity contribution in [2.45, 2.75) is 46.0 Å². The minimum Gasteiger partial charge on any atom is -0.469 e. The Morgan fingerprint density at radius 1 is 0.944 bits per heavy atom. The van der Waals surface area contributed by atoms with Crippen LogP contribution >= 0.6 is 0 Å². The van der Waals surface area contributed by atoms with Gasteiger partial charge in [0.1, 0.15) is 0 Å². The van der Waals surface area contributed by atoms with Crippen molar-refractivity contribution < 1.29 is 9.53 Å². The van der Waals surface area contributed by atoms with Gasteiger partial charge in [-0.1, -0.05) is 13.8 Å². The smallest absolute Gasteiger partial charge is 0.308 e. The molecule has 4 bridgehead atoms. The maximum Gasteiger partial charge on any atom is 0.308 e. The average molecular weight is 250 g/mol. The molecule has 102 valence electrons. The summed E-state index contributed by atoms with van der Waals surface area (Å²) in [6.07, 6.45) is 6.89.